The van der Waals surface area contributed by atoms with E-state index in [0.29, 0.717) is 5.22 Å². The summed E-state index contributed by atoms with van der Waals surface area (Å²) in [6.45, 7) is 1.95. The lowest BCUT2D eigenvalue weighted by atomic mass is 9.69. The van der Waals surface area contributed by atoms with Gasteiger partial charge in [0.2, 0.25) is 0 Å². The van der Waals surface area contributed by atoms with E-state index in [9.17, 15) is 5.11 Å². The quantitative estimate of drug-likeness (QED) is 0.864. The third-order valence-corrected chi connectivity index (χ3v) is 3.61. The van der Waals surface area contributed by atoms with Crippen molar-refractivity contribution >= 4 is 11.6 Å². The van der Waals surface area contributed by atoms with E-state index in [1.807, 2.05) is 13.1 Å². The average Bonchev–Trinajstić information content (AvgIpc) is 2.57. The maximum Gasteiger partial charge on any atom is 0.193 e. The van der Waals surface area contributed by atoms with Crippen LogP contribution in [0.15, 0.2) is 16.5 Å². The molecule has 1 heterocycles. The van der Waals surface area contributed by atoms with Crippen LogP contribution < -0.4 is 0 Å². The number of hydrogen-bond donors (Lipinski definition) is 1. The van der Waals surface area contributed by atoms with Gasteiger partial charge < -0.3 is 9.52 Å². The molecule has 1 aromatic heterocycles. The van der Waals surface area contributed by atoms with Crippen molar-refractivity contribution < 1.29 is 9.52 Å². The molecule has 1 N–H and O–H groups in total. The van der Waals surface area contributed by atoms with Gasteiger partial charge in [0.1, 0.15) is 5.76 Å². The maximum atomic E-state index is 9.38. The Morgan fingerprint density at radius 2 is 2.25 bits per heavy atom. The van der Waals surface area contributed by atoms with Gasteiger partial charge in [0, 0.05) is 18.6 Å². The summed E-state index contributed by atoms with van der Waals surface area (Å²) in [5.74, 6) is 0.875. The van der Waals surface area contributed by atoms with Crippen molar-refractivity contribution in [1.82, 2.24) is 4.90 Å². The van der Waals surface area contributed by atoms with Gasteiger partial charge in [-0.1, -0.05) is 6.42 Å². The van der Waals surface area contributed by atoms with Crippen molar-refractivity contribution in [3.8, 4) is 0 Å². The van der Waals surface area contributed by atoms with Crippen molar-refractivity contribution in [1.29, 1.82) is 0 Å². The number of rotatable bonds is 5. The zero-order valence-corrected chi connectivity index (χ0v) is 10.3. The molecule has 1 aromatic rings. The van der Waals surface area contributed by atoms with Gasteiger partial charge in [-0.3, -0.25) is 4.90 Å². The first-order valence-electron chi connectivity index (χ1n) is 5.67. The zero-order valence-electron chi connectivity index (χ0n) is 9.58. The van der Waals surface area contributed by atoms with E-state index in [1.165, 1.54) is 6.42 Å². The molecule has 1 aliphatic rings. The topological polar surface area (TPSA) is 36.6 Å². The van der Waals surface area contributed by atoms with Crippen molar-refractivity contribution in [2.24, 2.45) is 5.41 Å². The molecule has 0 aromatic carbocycles. The van der Waals surface area contributed by atoms with E-state index < -0.39 is 0 Å². The third-order valence-electron chi connectivity index (χ3n) is 3.41. The second-order valence-corrected chi connectivity index (χ2v) is 5.26. The highest BCUT2D eigenvalue weighted by Crippen LogP contribution is 2.41. The molecule has 0 radical (unpaired) electrons. The first-order valence-corrected chi connectivity index (χ1v) is 6.05. The number of furan rings is 1. The Hall–Kier alpha value is -0.510. The standard InChI is InChI=1S/C12H18ClNO2/c1-14(7-10-3-4-11(13)16-10)8-12(9-15)5-2-6-12/h3-4,15H,2,5-9H2,1H3. The van der Waals surface area contributed by atoms with Crippen molar-refractivity contribution in [2.45, 2.75) is 25.8 Å². The normalized spacial score (nSPS) is 18.8. The highest BCUT2D eigenvalue weighted by Gasteiger charge is 2.37. The number of hydrogen-bond acceptors (Lipinski definition) is 3. The van der Waals surface area contributed by atoms with Crippen LogP contribution in [0.4, 0.5) is 0 Å². The second-order valence-electron chi connectivity index (χ2n) is 4.89. The van der Waals surface area contributed by atoms with Crippen LogP contribution in [0.5, 0.6) is 0 Å². The van der Waals surface area contributed by atoms with E-state index in [4.69, 9.17) is 16.0 Å². The molecule has 0 atom stereocenters. The molecule has 0 spiro atoms. The molecule has 0 aliphatic heterocycles. The van der Waals surface area contributed by atoms with Crippen molar-refractivity contribution in [3.05, 3.63) is 23.1 Å². The van der Waals surface area contributed by atoms with Crippen LogP contribution in [-0.4, -0.2) is 30.2 Å². The zero-order chi connectivity index (χ0) is 11.6. The molecule has 1 fully saturated rings. The minimum atomic E-state index is 0.130. The maximum absolute atomic E-state index is 9.38. The summed E-state index contributed by atoms with van der Waals surface area (Å²) in [7, 11) is 2.05. The van der Waals surface area contributed by atoms with Gasteiger partial charge in [0.05, 0.1) is 6.54 Å². The highest BCUT2D eigenvalue weighted by atomic mass is 35.5. The Balaban J connectivity index is 1.86. The number of aliphatic hydroxyl groups excluding tert-OH is 1. The molecule has 0 unspecified atom stereocenters. The smallest absolute Gasteiger partial charge is 0.193 e. The van der Waals surface area contributed by atoms with Gasteiger partial charge in [0.25, 0.3) is 0 Å². The Morgan fingerprint density at radius 3 is 2.69 bits per heavy atom. The predicted octanol–water partition coefficient (Wildman–Crippen LogP) is 2.53. The SMILES string of the molecule is CN(Cc1ccc(Cl)o1)CC1(CO)CCC1. The van der Waals surface area contributed by atoms with E-state index >= 15 is 0 Å². The Morgan fingerprint density at radius 1 is 1.50 bits per heavy atom. The number of aliphatic hydroxyl groups is 1. The first-order chi connectivity index (χ1) is 7.63. The molecule has 0 bridgehead atoms. The van der Waals surface area contributed by atoms with Gasteiger partial charge in [-0.05, 0) is 43.6 Å². The van der Waals surface area contributed by atoms with Crippen LogP contribution in [0.3, 0.4) is 0 Å². The monoisotopic (exact) mass is 243 g/mol. The van der Waals surface area contributed by atoms with Crippen LogP contribution in [-0.2, 0) is 6.54 Å². The summed E-state index contributed by atoms with van der Waals surface area (Å²) < 4.78 is 5.32. The molecule has 3 nitrogen and oxygen atoms in total. The third kappa shape index (κ3) is 2.59. The Kier molecular flexibility index (Phi) is 3.57. The van der Waals surface area contributed by atoms with Gasteiger partial charge >= 0.3 is 0 Å². The van der Waals surface area contributed by atoms with Gasteiger partial charge in [-0.15, -0.1) is 0 Å². The Labute approximate surface area is 101 Å². The molecule has 1 saturated carbocycles. The van der Waals surface area contributed by atoms with E-state index in [-0.39, 0.29) is 12.0 Å². The highest BCUT2D eigenvalue weighted by molar-refractivity contribution is 6.28. The first kappa shape index (κ1) is 12.0. The molecular formula is C12H18ClNO2. The molecule has 1 aliphatic carbocycles. The number of halogens is 1. The summed E-state index contributed by atoms with van der Waals surface area (Å²) in [6, 6.07) is 3.65. The molecule has 0 saturated heterocycles. The fourth-order valence-corrected chi connectivity index (χ4v) is 2.54. The fourth-order valence-electron chi connectivity index (χ4n) is 2.37. The average molecular weight is 244 g/mol. The minimum absolute atomic E-state index is 0.130. The number of nitrogens with zero attached hydrogens (tertiary/aromatic N) is 1. The summed E-state index contributed by atoms with van der Waals surface area (Å²) >= 11 is 5.72. The minimum Gasteiger partial charge on any atom is -0.448 e. The van der Waals surface area contributed by atoms with Gasteiger partial charge in [-0.25, -0.2) is 0 Å². The van der Waals surface area contributed by atoms with E-state index in [1.54, 1.807) is 6.07 Å². The fraction of sp³-hybridized carbons (Fsp3) is 0.667. The van der Waals surface area contributed by atoms with Crippen LogP contribution in [0, 0.1) is 5.41 Å². The predicted molar refractivity (Wildman–Crippen MR) is 63.4 cm³/mol. The van der Waals surface area contributed by atoms with Crippen molar-refractivity contribution in [2.75, 3.05) is 20.2 Å². The summed E-state index contributed by atoms with van der Waals surface area (Å²) in [4.78, 5) is 2.19. The van der Waals surface area contributed by atoms with Crippen LogP contribution in [0.1, 0.15) is 25.0 Å². The molecule has 0 amide bonds. The van der Waals surface area contributed by atoms with Gasteiger partial charge in [-0.2, -0.15) is 0 Å². The van der Waals surface area contributed by atoms with E-state index in [0.717, 1.165) is 31.7 Å². The lowest BCUT2D eigenvalue weighted by Gasteiger charge is -2.42. The van der Waals surface area contributed by atoms with Crippen LogP contribution in [0.2, 0.25) is 5.22 Å². The Bertz CT molecular complexity index is 341. The van der Waals surface area contributed by atoms with Crippen LogP contribution >= 0.6 is 11.6 Å². The largest absolute Gasteiger partial charge is 0.448 e. The molecule has 90 valence electrons. The molecule has 16 heavy (non-hydrogen) atoms. The summed E-state index contributed by atoms with van der Waals surface area (Å²) in [5.41, 5.74) is 0.130. The summed E-state index contributed by atoms with van der Waals surface area (Å²) in [5, 5.41) is 9.82. The lowest BCUT2D eigenvalue weighted by Crippen LogP contribution is -2.43. The molecule has 4 heteroatoms. The molecule has 2 rings (SSSR count). The second kappa shape index (κ2) is 4.78. The van der Waals surface area contributed by atoms with Crippen molar-refractivity contribution in [3.63, 3.8) is 0 Å². The van der Waals surface area contributed by atoms with Gasteiger partial charge in [0.15, 0.2) is 5.22 Å². The van der Waals surface area contributed by atoms with Crippen LogP contribution in [0.25, 0.3) is 0 Å². The lowest BCUT2D eigenvalue weighted by molar-refractivity contribution is 0.0114. The van der Waals surface area contributed by atoms with E-state index in [2.05, 4.69) is 4.90 Å². The summed E-state index contributed by atoms with van der Waals surface area (Å²) in [6.07, 6.45) is 3.50. The molecular weight excluding hydrogens is 226 g/mol.